The van der Waals surface area contributed by atoms with Crippen LogP contribution in [0.25, 0.3) is 0 Å². The highest BCUT2D eigenvalue weighted by atomic mass is 35.5. The molecule has 0 saturated carbocycles. The van der Waals surface area contributed by atoms with Gasteiger partial charge in [-0.2, -0.15) is 0 Å². The number of hydrogen-bond acceptors (Lipinski definition) is 5. The molecule has 20 heavy (non-hydrogen) atoms. The number of carbonyl (C=O) groups excluding carboxylic acids is 1. The average Bonchev–Trinajstić information content (AvgIpc) is 2.47. The fourth-order valence-electron chi connectivity index (χ4n) is 1.91. The summed E-state index contributed by atoms with van der Waals surface area (Å²) in [5.74, 6) is -1.02. The highest BCUT2D eigenvalue weighted by molar-refractivity contribution is 6.30. The van der Waals surface area contributed by atoms with Crippen molar-refractivity contribution in [3.05, 3.63) is 34.9 Å². The maximum Gasteiger partial charge on any atom is 0.314 e. The minimum Gasteiger partial charge on any atom is -0.469 e. The molecule has 6 heteroatoms. The van der Waals surface area contributed by atoms with Crippen molar-refractivity contribution < 1.29 is 19.5 Å². The molecular formula is C14H18ClNO4. The van der Waals surface area contributed by atoms with Crippen molar-refractivity contribution in [1.82, 2.24) is 0 Å². The monoisotopic (exact) mass is 299 g/mol. The number of esters is 1. The number of methoxy groups -OCH3 is 2. The first-order chi connectivity index (χ1) is 9.62. The Kier molecular flexibility index (Phi) is 7.04. The van der Waals surface area contributed by atoms with Crippen LogP contribution in [0.15, 0.2) is 29.4 Å². The third-order valence-corrected chi connectivity index (χ3v) is 3.27. The van der Waals surface area contributed by atoms with Crippen LogP contribution in [0, 0.1) is 5.92 Å². The van der Waals surface area contributed by atoms with Gasteiger partial charge in [0.2, 0.25) is 0 Å². The molecule has 5 nitrogen and oxygen atoms in total. The largest absolute Gasteiger partial charge is 0.469 e. The molecule has 0 aliphatic carbocycles. The normalized spacial score (nSPS) is 14.2. The van der Waals surface area contributed by atoms with E-state index in [1.807, 2.05) is 12.1 Å². The lowest BCUT2D eigenvalue weighted by molar-refractivity contribution is -0.143. The van der Waals surface area contributed by atoms with E-state index in [-0.39, 0.29) is 6.10 Å². The molecule has 0 spiro atoms. The second-order valence-corrected chi connectivity index (χ2v) is 4.68. The smallest absolute Gasteiger partial charge is 0.314 e. The number of ether oxygens (including phenoxy) is 2. The third kappa shape index (κ3) is 4.83. The topological polar surface area (TPSA) is 68.1 Å². The standard InChI is InChI=1S/C14H18ClNO4/c1-19-13(10-3-6-12(15)7-4-10)8-5-11(9-16-18)14(17)20-2/h3-4,6-7,9,11,13,18H,5,8H2,1-2H3/b16-9-. The summed E-state index contributed by atoms with van der Waals surface area (Å²) in [5.41, 5.74) is 0.974. The quantitative estimate of drug-likeness (QED) is 0.364. The zero-order valence-corrected chi connectivity index (χ0v) is 12.2. The molecule has 1 rings (SSSR count). The van der Waals surface area contributed by atoms with Gasteiger partial charge in [0.15, 0.2) is 0 Å². The van der Waals surface area contributed by atoms with Crippen LogP contribution in [0.5, 0.6) is 0 Å². The first-order valence-corrected chi connectivity index (χ1v) is 6.53. The van der Waals surface area contributed by atoms with Gasteiger partial charge in [-0.3, -0.25) is 4.79 Å². The van der Waals surface area contributed by atoms with E-state index in [1.54, 1.807) is 19.2 Å². The lowest BCUT2D eigenvalue weighted by Gasteiger charge is -2.17. The van der Waals surface area contributed by atoms with Gasteiger partial charge in [0, 0.05) is 12.1 Å². The summed E-state index contributed by atoms with van der Waals surface area (Å²) in [6.07, 6.45) is 2.05. The van der Waals surface area contributed by atoms with Crippen LogP contribution in [0.2, 0.25) is 5.02 Å². The Hall–Kier alpha value is -1.59. The molecule has 0 heterocycles. The lowest BCUT2D eigenvalue weighted by atomic mass is 9.98. The third-order valence-electron chi connectivity index (χ3n) is 3.02. The van der Waals surface area contributed by atoms with Crippen LogP contribution >= 0.6 is 11.6 Å². The maximum absolute atomic E-state index is 11.5. The highest BCUT2D eigenvalue weighted by Crippen LogP contribution is 2.25. The molecule has 0 saturated heterocycles. The molecule has 2 unspecified atom stereocenters. The van der Waals surface area contributed by atoms with Gasteiger partial charge in [0.05, 0.1) is 25.3 Å². The van der Waals surface area contributed by atoms with E-state index in [0.29, 0.717) is 17.9 Å². The Labute approximate surface area is 123 Å². The molecular weight excluding hydrogens is 282 g/mol. The fourth-order valence-corrected chi connectivity index (χ4v) is 2.04. The van der Waals surface area contributed by atoms with Crippen molar-refractivity contribution in [3.8, 4) is 0 Å². The first kappa shape index (κ1) is 16.5. The summed E-state index contributed by atoms with van der Waals surface area (Å²) in [6, 6.07) is 7.33. The van der Waals surface area contributed by atoms with E-state index < -0.39 is 11.9 Å². The SMILES string of the molecule is COC(=O)C(/C=N\O)CCC(OC)c1ccc(Cl)cc1. The molecule has 1 aromatic carbocycles. The van der Waals surface area contributed by atoms with Gasteiger partial charge >= 0.3 is 5.97 Å². The lowest BCUT2D eigenvalue weighted by Crippen LogP contribution is -2.19. The molecule has 1 N–H and O–H groups in total. The first-order valence-electron chi connectivity index (χ1n) is 6.16. The second kappa shape index (κ2) is 8.55. The molecule has 1 aromatic rings. The van der Waals surface area contributed by atoms with Crippen molar-refractivity contribution in [2.24, 2.45) is 11.1 Å². The Morgan fingerprint density at radius 2 is 2.00 bits per heavy atom. The van der Waals surface area contributed by atoms with Crippen LogP contribution in [0.1, 0.15) is 24.5 Å². The fraction of sp³-hybridized carbons (Fsp3) is 0.429. The molecule has 0 fully saturated rings. The Balaban J connectivity index is 2.68. The number of rotatable bonds is 7. The zero-order chi connectivity index (χ0) is 15.0. The van der Waals surface area contributed by atoms with E-state index in [2.05, 4.69) is 9.89 Å². The van der Waals surface area contributed by atoms with Crippen LogP contribution in [0.3, 0.4) is 0 Å². The Bertz CT molecular complexity index is 447. The summed E-state index contributed by atoms with van der Waals surface area (Å²) in [5, 5.41) is 12.1. The van der Waals surface area contributed by atoms with E-state index in [4.69, 9.17) is 21.5 Å². The van der Waals surface area contributed by atoms with Gasteiger partial charge in [0.1, 0.15) is 0 Å². The van der Waals surface area contributed by atoms with Crippen molar-refractivity contribution >= 4 is 23.8 Å². The van der Waals surface area contributed by atoms with Crippen LogP contribution in [0.4, 0.5) is 0 Å². The average molecular weight is 300 g/mol. The number of benzene rings is 1. The summed E-state index contributed by atoms with van der Waals surface area (Å²) in [7, 11) is 2.90. The summed E-state index contributed by atoms with van der Waals surface area (Å²) in [4.78, 5) is 11.5. The van der Waals surface area contributed by atoms with Crippen LogP contribution in [-0.2, 0) is 14.3 Å². The van der Waals surface area contributed by atoms with E-state index in [9.17, 15) is 4.79 Å². The summed E-state index contributed by atoms with van der Waals surface area (Å²) >= 11 is 5.84. The molecule has 110 valence electrons. The highest BCUT2D eigenvalue weighted by Gasteiger charge is 2.20. The van der Waals surface area contributed by atoms with Crippen molar-refractivity contribution in [2.75, 3.05) is 14.2 Å². The van der Waals surface area contributed by atoms with Gasteiger partial charge in [-0.1, -0.05) is 23.7 Å². The van der Waals surface area contributed by atoms with E-state index >= 15 is 0 Å². The van der Waals surface area contributed by atoms with Gasteiger partial charge in [0.25, 0.3) is 0 Å². The predicted molar refractivity (Wildman–Crippen MR) is 76.2 cm³/mol. The molecule has 0 radical (unpaired) electrons. The number of carbonyl (C=O) groups is 1. The molecule has 0 amide bonds. The van der Waals surface area contributed by atoms with Crippen LogP contribution < -0.4 is 0 Å². The molecule has 0 bridgehead atoms. The molecule has 0 aliphatic rings. The van der Waals surface area contributed by atoms with Gasteiger partial charge in [-0.15, -0.1) is 5.16 Å². The maximum atomic E-state index is 11.5. The Morgan fingerprint density at radius 3 is 2.50 bits per heavy atom. The zero-order valence-electron chi connectivity index (χ0n) is 11.5. The van der Waals surface area contributed by atoms with E-state index in [0.717, 1.165) is 5.56 Å². The summed E-state index contributed by atoms with van der Waals surface area (Å²) in [6.45, 7) is 0. The van der Waals surface area contributed by atoms with Gasteiger partial charge < -0.3 is 14.7 Å². The number of halogens is 1. The minimum atomic E-state index is -0.588. The number of nitrogens with zero attached hydrogens (tertiary/aromatic N) is 1. The minimum absolute atomic E-state index is 0.161. The molecule has 2 atom stereocenters. The molecule has 0 aromatic heterocycles. The van der Waals surface area contributed by atoms with Crippen LogP contribution in [-0.4, -0.2) is 31.6 Å². The molecule has 0 aliphatic heterocycles. The van der Waals surface area contributed by atoms with Gasteiger partial charge in [-0.05, 0) is 30.5 Å². The van der Waals surface area contributed by atoms with E-state index in [1.165, 1.54) is 13.3 Å². The van der Waals surface area contributed by atoms with Crippen molar-refractivity contribution in [2.45, 2.75) is 18.9 Å². The number of hydrogen-bond donors (Lipinski definition) is 1. The summed E-state index contributed by atoms with van der Waals surface area (Å²) < 4.78 is 10.1. The predicted octanol–water partition coefficient (Wildman–Crippen LogP) is 3.06. The second-order valence-electron chi connectivity index (χ2n) is 4.25. The van der Waals surface area contributed by atoms with Crippen molar-refractivity contribution in [1.29, 1.82) is 0 Å². The number of oxime groups is 1. The van der Waals surface area contributed by atoms with Gasteiger partial charge in [-0.25, -0.2) is 0 Å². The van der Waals surface area contributed by atoms with Crippen molar-refractivity contribution in [3.63, 3.8) is 0 Å². The Morgan fingerprint density at radius 1 is 1.35 bits per heavy atom.